The number of thiazole rings is 1. The first-order valence-corrected chi connectivity index (χ1v) is 10.2. The second-order valence-corrected chi connectivity index (χ2v) is 7.73. The van der Waals surface area contributed by atoms with Crippen molar-refractivity contribution in [2.45, 2.75) is 18.9 Å². The van der Waals surface area contributed by atoms with Gasteiger partial charge in [0.05, 0.1) is 11.8 Å². The summed E-state index contributed by atoms with van der Waals surface area (Å²) in [4.78, 5) is 18.4. The third-order valence-corrected chi connectivity index (χ3v) is 5.73. The molecule has 0 radical (unpaired) electrons. The number of carbonyl (C=O) groups excluding carboxylic acids is 1. The molecule has 2 heterocycles. The SMILES string of the molecule is COc1cccc(OCC(=O)N2CCC(Oc3nc4c(F)cccc4s3)CC2)c1. The van der Waals surface area contributed by atoms with Gasteiger partial charge in [-0.25, -0.2) is 4.39 Å². The number of ether oxygens (including phenoxy) is 3. The number of piperidine rings is 1. The normalized spacial score (nSPS) is 14.8. The molecule has 4 rings (SSSR count). The van der Waals surface area contributed by atoms with Crippen LogP contribution in [0.25, 0.3) is 10.2 Å². The molecule has 1 aromatic heterocycles. The highest BCUT2D eigenvalue weighted by Gasteiger charge is 2.25. The van der Waals surface area contributed by atoms with Crippen LogP contribution in [0, 0.1) is 5.82 Å². The maximum absolute atomic E-state index is 13.8. The first-order chi connectivity index (χ1) is 14.1. The highest BCUT2D eigenvalue weighted by atomic mass is 32.1. The molecule has 0 spiro atoms. The van der Waals surface area contributed by atoms with Crippen LogP contribution in [0.1, 0.15) is 12.8 Å². The van der Waals surface area contributed by atoms with Gasteiger partial charge in [-0.05, 0) is 24.3 Å². The Bertz CT molecular complexity index is 1000. The lowest BCUT2D eigenvalue weighted by Gasteiger charge is -2.31. The molecule has 0 N–H and O–H groups in total. The van der Waals surface area contributed by atoms with Crippen LogP contribution >= 0.6 is 11.3 Å². The van der Waals surface area contributed by atoms with E-state index in [0.29, 0.717) is 48.1 Å². The predicted molar refractivity (Wildman–Crippen MR) is 108 cm³/mol. The lowest BCUT2D eigenvalue weighted by atomic mass is 10.1. The van der Waals surface area contributed by atoms with Crippen LogP contribution in [0.5, 0.6) is 16.7 Å². The van der Waals surface area contributed by atoms with Gasteiger partial charge < -0.3 is 19.1 Å². The van der Waals surface area contributed by atoms with Gasteiger partial charge >= 0.3 is 0 Å². The van der Waals surface area contributed by atoms with E-state index in [2.05, 4.69) is 4.98 Å². The van der Waals surface area contributed by atoms with Crippen molar-refractivity contribution in [2.24, 2.45) is 0 Å². The van der Waals surface area contributed by atoms with Gasteiger partial charge in [0.15, 0.2) is 6.61 Å². The van der Waals surface area contributed by atoms with Crippen molar-refractivity contribution in [3.8, 4) is 16.7 Å². The van der Waals surface area contributed by atoms with E-state index in [1.165, 1.54) is 17.4 Å². The first-order valence-electron chi connectivity index (χ1n) is 9.39. The quantitative estimate of drug-likeness (QED) is 0.610. The van der Waals surface area contributed by atoms with Gasteiger partial charge in [0, 0.05) is 32.0 Å². The summed E-state index contributed by atoms with van der Waals surface area (Å²) >= 11 is 1.34. The Balaban J connectivity index is 1.27. The molecule has 0 aliphatic carbocycles. The zero-order valence-electron chi connectivity index (χ0n) is 16.0. The average Bonchev–Trinajstić information content (AvgIpc) is 3.16. The molecule has 0 saturated carbocycles. The number of hydrogen-bond donors (Lipinski definition) is 0. The standard InChI is InChI=1S/C21H21FN2O4S/c1-26-15-4-2-5-16(12-15)27-13-19(25)24-10-8-14(9-11-24)28-21-23-20-17(22)6-3-7-18(20)29-21/h2-7,12,14H,8-11,13H2,1H3. The summed E-state index contributed by atoms with van der Waals surface area (Å²) in [5, 5.41) is 0.469. The molecule has 1 amide bonds. The summed E-state index contributed by atoms with van der Waals surface area (Å²) in [6, 6.07) is 12.0. The van der Waals surface area contributed by atoms with E-state index < -0.39 is 0 Å². The van der Waals surface area contributed by atoms with E-state index in [9.17, 15) is 9.18 Å². The Labute approximate surface area is 171 Å². The number of para-hydroxylation sites is 1. The number of hydrogen-bond acceptors (Lipinski definition) is 6. The molecule has 1 saturated heterocycles. The highest BCUT2D eigenvalue weighted by molar-refractivity contribution is 7.20. The number of benzene rings is 2. The fourth-order valence-electron chi connectivity index (χ4n) is 3.24. The molecule has 3 aromatic rings. The molecule has 0 bridgehead atoms. The van der Waals surface area contributed by atoms with Crippen molar-refractivity contribution in [1.29, 1.82) is 0 Å². The minimum atomic E-state index is -0.343. The van der Waals surface area contributed by atoms with E-state index in [4.69, 9.17) is 14.2 Å². The third kappa shape index (κ3) is 4.59. The van der Waals surface area contributed by atoms with Crippen LogP contribution in [0.2, 0.25) is 0 Å². The van der Waals surface area contributed by atoms with Crippen molar-refractivity contribution in [3.05, 3.63) is 48.3 Å². The number of fused-ring (bicyclic) bond motifs is 1. The fourth-order valence-corrected chi connectivity index (χ4v) is 4.13. The van der Waals surface area contributed by atoms with Crippen LogP contribution in [0.15, 0.2) is 42.5 Å². The smallest absolute Gasteiger partial charge is 0.274 e. The Morgan fingerprint density at radius 3 is 2.72 bits per heavy atom. The van der Waals surface area contributed by atoms with Crippen molar-refractivity contribution < 1.29 is 23.4 Å². The minimum Gasteiger partial charge on any atom is -0.497 e. The van der Waals surface area contributed by atoms with Crippen molar-refractivity contribution in [1.82, 2.24) is 9.88 Å². The molecule has 8 heteroatoms. The largest absolute Gasteiger partial charge is 0.497 e. The van der Waals surface area contributed by atoms with Gasteiger partial charge in [-0.2, -0.15) is 4.98 Å². The number of methoxy groups -OCH3 is 1. The molecule has 1 aliphatic heterocycles. The Hall–Kier alpha value is -2.87. The summed E-state index contributed by atoms with van der Waals surface area (Å²) in [6.07, 6.45) is 1.36. The van der Waals surface area contributed by atoms with E-state index in [0.717, 1.165) is 4.70 Å². The lowest BCUT2D eigenvalue weighted by Crippen LogP contribution is -2.43. The van der Waals surface area contributed by atoms with Gasteiger partial charge in [0.2, 0.25) is 0 Å². The van der Waals surface area contributed by atoms with Gasteiger partial charge in [0.25, 0.3) is 11.1 Å². The molecule has 1 aliphatic rings. The van der Waals surface area contributed by atoms with Crippen molar-refractivity contribution >= 4 is 27.5 Å². The van der Waals surface area contributed by atoms with E-state index in [1.807, 2.05) is 18.2 Å². The highest BCUT2D eigenvalue weighted by Crippen LogP contribution is 2.31. The number of halogens is 1. The number of aromatic nitrogens is 1. The summed E-state index contributed by atoms with van der Waals surface area (Å²) < 4.78 is 31.2. The molecule has 6 nitrogen and oxygen atoms in total. The number of nitrogens with zero attached hydrogens (tertiary/aromatic N) is 2. The molecule has 29 heavy (non-hydrogen) atoms. The van der Waals surface area contributed by atoms with E-state index in [1.54, 1.807) is 30.2 Å². The Kier molecular flexibility index (Phi) is 5.80. The molecule has 0 atom stereocenters. The predicted octanol–water partition coefficient (Wildman–Crippen LogP) is 3.89. The van der Waals surface area contributed by atoms with Gasteiger partial charge in [0.1, 0.15) is 28.9 Å². The van der Waals surface area contributed by atoms with Crippen molar-refractivity contribution in [2.75, 3.05) is 26.8 Å². The molecule has 152 valence electrons. The molecule has 2 aromatic carbocycles. The summed E-state index contributed by atoms with van der Waals surface area (Å²) in [7, 11) is 1.58. The van der Waals surface area contributed by atoms with Crippen LogP contribution in [0.3, 0.4) is 0 Å². The number of rotatable bonds is 6. The lowest BCUT2D eigenvalue weighted by molar-refractivity contribution is -0.135. The van der Waals surface area contributed by atoms with Crippen LogP contribution in [0.4, 0.5) is 4.39 Å². The Morgan fingerprint density at radius 2 is 1.97 bits per heavy atom. The Morgan fingerprint density at radius 1 is 1.21 bits per heavy atom. The van der Waals surface area contributed by atoms with E-state index >= 15 is 0 Å². The van der Waals surface area contributed by atoms with Crippen LogP contribution < -0.4 is 14.2 Å². The third-order valence-electron chi connectivity index (χ3n) is 4.82. The number of amides is 1. The molecule has 0 unspecified atom stereocenters. The maximum Gasteiger partial charge on any atom is 0.274 e. The summed E-state index contributed by atoms with van der Waals surface area (Å²) in [5.74, 6) is 0.875. The maximum atomic E-state index is 13.8. The zero-order chi connectivity index (χ0) is 20.2. The minimum absolute atomic E-state index is 0.0180. The van der Waals surface area contributed by atoms with Gasteiger partial charge in [-0.1, -0.05) is 23.5 Å². The number of carbonyl (C=O) groups is 1. The fraction of sp³-hybridized carbons (Fsp3) is 0.333. The second kappa shape index (κ2) is 8.65. The van der Waals surface area contributed by atoms with Gasteiger partial charge in [-0.15, -0.1) is 0 Å². The summed E-state index contributed by atoms with van der Waals surface area (Å²) in [6.45, 7) is 1.16. The molecule has 1 fully saturated rings. The van der Waals surface area contributed by atoms with Crippen LogP contribution in [-0.4, -0.2) is 48.7 Å². The molecular weight excluding hydrogens is 395 g/mol. The topological polar surface area (TPSA) is 60.9 Å². The van der Waals surface area contributed by atoms with Crippen molar-refractivity contribution in [3.63, 3.8) is 0 Å². The van der Waals surface area contributed by atoms with Crippen LogP contribution in [-0.2, 0) is 4.79 Å². The zero-order valence-corrected chi connectivity index (χ0v) is 16.8. The monoisotopic (exact) mass is 416 g/mol. The number of likely N-dealkylation sites (tertiary alicyclic amines) is 1. The van der Waals surface area contributed by atoms with E-state index in [-0.39, 0.29) is 24.4 Å². The molecular formula is C21H21FN2O4S. The first kappa shape index (κ1) is 19.4. The average molecular weight is 416 g/mol. The van der Waals surface area contributed by atoms with Gasteiger partial charge in [-0.3, -0.25) is 4.79 Å². The summed E-state index contributed by atoms with van der Waals surface area (Å²) in [5.41, 5.74) is 0.342. The second-order valence-electron chi connectivity index (χ2n) is 6.73.